The lowest BCUT2D eigenvalue weighted by molar-refractivity contribution is -0.991. The van der Waals surface area contributed by atoms with E-state index in [2.05, 4.69) is 29.1 Å². The van der Waals surface area contributed by atoms with Crippen LogP contribution < -0.4 is 24.8 Å². The minimum atomic E-state index is -0.932. The average molecular weight is 411 g/mol. The molecule has 0 saturated carbocycles. The van der Waals surface area contributed by atoms with E-state index in [4.69, 9.17) is 19.4 Å². The zero-order chi connectivity index (χ0) is 21.3. The van der Waals surface area contributed by atoms with Gasteiger partial charge in [0.25, 0.3) is 0 Å². The van der Waals surface area contributed by atoms with Crippen molar-refractivity contribution >= 4 is 11.4 Å². The molecule has 158 valence electrons. The Hall–Kier alpha value is -2.96. The van der Waals surface area contributed by atoms with Gasteiger partial charge in [-0.1, -0.05) is 11.8 Å². The van der Waals surface area contributed by atoms with Crippen LogP contribution in [0.25, 0.3) is 0 Å². The fraction of sp³-hybridized carbons (Fsp3) is 0.364. The predicted molar refractivity (Wildman–Crippen MR) is 111 cm³/mol. The van der Waals surface area contributed by atoms with Crippen molar-refractivity contribution in [2.45, 2.75) is 19.4 Å². The van der Waals surface area contributed by atoms with Crippen molar-refractivity contribution in [1.29, 1.82) is 0 Å². The quantitative estimate of drug-likeness (QED) is 0.522. The van der Waals surface area contributed by atoms with Crippen LogP contribution in [0.1, 0.15) is 22.7 Å². The topological polar surface area (TPSA) is 90.7 Å². The minimum absolute atomic E-state index is 0.115. The molecular formula is C22H25N3O5. The van der Waals surface area contributed by atoms with Gasteiger partial charge in [0.05, 0.1) is 13.7 Å². The maximum atomic E-state index is 11.1. The van der Waals surface area contributed by atoms with Gasteiger partial charge in [-0.15, -0.1) is 0 Å². The normalized spacial score (nSPS) is 18.2. The number of nitrogens with zero attached hydrogens (tertiary/aromatic N) is 1. The Morgan fingerprint density at radius 1 is 1.37 bits per heavy atom. The third-order valence-corrected chi connectivity index (χ3v) is 5.48. The Balaban J connectivity index is 1.55. The Kier molecular flexibility index (Phi) is 5.70. The van der Waals surface area contributed by atoms with E-state index in [1.807, 2.05) is 13.0 Å². The van der Waals surface area contributed by atoms with Gasteiger partial charge in [-0.25, -0.2) is 5.21 Å². The first kappa shape index (κ1) is 20.3. The van der Waals surface area contributed by atoms with Crippen molar-refractivity contribution in [2.75, 3.05) is 39.4 Å². The van der Waals surface area contributed by atoms with Gasteiger partial charge < -0.3 is 24.7 Å². The number of hydrogen-bond acceptors (Lipinski definition) is 7. The second-order valence-corrected chi connectivity index (χ2v) is 7.36. The van der Waals surface area contributed by atoms with Gasteiger partial charge in [-0.3, -0.25) is 4.90 Å². The Morgan fingerprint density at radius 2 is 2.20 bits per heavy atom. The number of benzene rings is 2. The molecular weight excluding hydrogens is 386 g/mol. The van der Waals surface area contributed by atoms with Gasteiger partial charge >= 0.3 is 0 Å². The van der Waals surface area contributed by atoms with E-state index in [-0.39, 0.29) is 18.5 Å². The van der Waals surface area contributed by atoms with Crippen LogP contribution in [0.4, 0.5) is 11.4 Å². The number of methoxy groups -OCH3 is 1. The van der Waals surface area contributed by atoms with E-state index in [1.165, 1.54) is 5.56 Å². The third-order valence-electron chi connectivity index (χ3n) is 5.48. The maximum absolute atomic E-state index is 11.1. The van der Waals surface area contributed by atoms with E-state index < -0.39 is 5.23 Å². The van der Waals surface area contributed by atoms with Crippen LogP contribution in [0.3, 0.4) is 0 Å². The second kappa shape index (κ2) is 8.42. The first-order valence-electron chi connectivity index (χ1n) is 9.75. The Bertz CT molecular complexity index is 1010. The molecule has 0 aliphatic carbocycles. The minimum Gasteiger partial charge on any atom is -0.595 e. The third kappa shape index (κ3) is 3.76. The molecule has 2 aliphatic heterocycles. The van der Waals surface area contributed by atoms with Crippen molar-refractivity contribution in [3.63, 3.8) is 0 Å². The van der Waals surface area contributed by atoms with Gasteiger partial charge in [-0.05, 0) is 43.7 Å². The molecule has 0 spiro atoms. The SMILES string of the molecule is COc1c2c(cc3c1[C@H](C#CCNc1ccc([NH+]([O-])O)cc1C)N(C)CC3)OCO2. The monoisotopic (exact) mass is 411 g/mol. The summed E-state index contributed by atoms with van der Waals surface area (Å²) in [6, 6.07) is 6.93. The summed E-state index contributed by atoms with van der Waals surface area (Å²) >= 11 is 0. The highest BCUT2D eigenvalue weighted by Crippen LogP contribution is 2.49. The number of anilines is 1. The number of nitrogens with one attached hydrogen (secondary N) is 2. The largest absolute Gasteiger partial charge is 0.595 e. The van der Waals surface area contributed by atoms with Gasteiger partial charge in [0.1, 0.15) is 6.04 Å². The zero-order valence-electron chi connectivity index (χ0n) is 17.2. The smallest absolute Gasteiger partial charge is 0.231 e. The molecule has 3 N–H and O–H groups in total. The molecule has 8 nitrogen and oxygen atoms in total. The van der Waals surface area contributed by atoms with E-state index in [1.54, 1.807) is 25.3 Å². The molecule has 8 heteroatoms. The van der Waals surface area contributed by atoms with Crippen LogP contribution in [-0.2, 0) is 6.42 Å². The number of ether oxygens (including phenoxy) is 3. The van der Waals surface area contributed by atoms with E-state index >= 15 is 0 Å². The lowest BCUT2D eigenvalue weighted by Gasteiger charge is -2.32. The Labute approximate surface area is 175 Å². The molecule has 0 bridgehead atoms. The summed E-state index contributed by atoms with van der Waals surface area (Å²) in [7, 11) is 3.69. The first-order valence-corrected chi connectivity index (χ1v) is 9.75. The molecule has 1 unspecified atom stereocenters. The average Bonchev–Trinajstić information content (AvgIpc) is 3.20. The fourth-order valence-electron chi connectivity index (χ4n) is 3.90. The van der Waals surface area contributed by atoms with Gasteiger partial charge in [-0.2, -0.15) is 5.23 Å². The number of aryl methyl sites for hydroxylation is 1. The number of likely N-dealkylation sites (N-methyl/N-ethyl adjacent to an activating group) is 1. The van der Waals surface area contributed by atoms with Crippen molar-refractivity contribution < 1.29 is 24.6 Å². The molecule has 2 aromatic carbocycles. The molecule has 2 aliphatic rings. The number of rotatable bonds is 4. The Morgan fingerprint density at radius 3 is 2.93 bits per heavy atom. The van der Waals surface area contributed by atoms with Crippen LogP contribution in [0.5, 0.6) is 17.2 Å². The highest BCUT2D eigenvalue weighted by molar-refractivity contribution is 5.63. The second-order valence-electron chi connectivity index (χ2n) is 7.36. The molecule has 4 rings (SSSR count). The van der Waals surface area contributed by atoms with Crippen LogP contribution >= 0.6 is 0 Å². The first-order chi connectivity index (χ1) is 14.5. The molecule has 2 aromatic rings. The summed E-state index contributed by atoms with van der Waals surface area (Å²) in [5.74, 6) is 8.63. The highest BCUT2D eigenvalue weighted by Gasteiger charge is 2.33. The van der Waals surface area contributed by atoms with Crippen molar-refractivity contribution in [2.24, 2.45) is 0 Å². The van der Waals surface area contributed by atoms with Crippen molar-refractivity contribution in [3.8, 4) is 29.1 Å². The lowest BCUT2D eigenvalue weighted by Crippen LogP contribution is -2.99. The summed E-state index contributed by atoms with van der Waals surface area (Å²) < 4.78 is 16.9. The molecule has 0 fully saturated rings. The molecule has 0 radical (unpaired) electrons. The molecule has 0 aromatic heterocycles. The molecule has 30 heavy (non-hydrogen) atoms. The number of fused-ring (bicyclic) bond motifs is 2. The van der Waals surface area contributed by atoms with Crippen LogP contribution in [0, 0.1) is 24.0 Å². The number of quaternary nitrogens is 1. The van der Waals surface area contributed by atoms with E-state index in [0.29, 0.717) is 18.0 Å². The number of hydrogen-bond donors (Lipinski definition) is 3. The molecule has 0 saturated heterocycles. The van der Waals surface area contributed by atoms with E-state index in [9.17, 15) is 5.21 Å². The summed E-state index contributed by atoms with van der Waals surface area (Å²) in [4.78, 5) is 2.20. The molecule has 0 amide bonds. The van der Waals surface area contributed by atoms with Gasteiger partial charge in [0.2, 0.25) is 12.5 Å². The summed E-state index contributed by atoms with van der Waals surface area (Å²) in [6.07, 6.45) is 0.893. The predicted octanol–water partition coefficient (Wildman–Crippen LogP) is 1.78. The summed E-state index contributed by atoms with van der Waals surface area (Å²) in [5, 5.41) is 22.5. The summed E-state index contributed by atoms with van der Waals surface area (Å²) in [6.45, 7) is 3.41. The van der Waals surface area contributed by atoms with E-state index in [0.717, 1.165) is 35.5 Å². The fourth-order valence-corrected chi connectivity index (χ4v) is 3.90. The lowest BCUT2D eigenvalue weighted by atomic mass is 9.91. The molecule has 2 atom stereocenters. The van der Waals surface area contributed by atoms with Crippen molar-refractivity contribution in [1.82, 2.24) is 4.90 Å². The highest BCUT2D eigenvalue weighted by atomic mass is 16.8. The molecule has 2 heterocycles. The van der Waals surface area contributed by atoms with Crippen LogP contribution in [-0.4, -0.2) is 44.1 Å². The van der Waals surface area contributed by atoms with Gasteiger partial charge in [0, 0.05) is 29.9 Å². The van der Waals surface area contributed by atoms with Gasteiger partial charge in [0.15, 0.2) is 17.2 Å². The van der Waals surface area contributed by atoms with Crippen LogP contribution in [0.15, 0.2) is 24.3 Å². The van der Waals surface area contributed by atoms with Crippen molar-refractivity contribution in [3.05, 3.63) is 46.2 Å². The summed E-state index contributed by atoms with van der Waals surface area (Å²) in [5.41, 5.74) is 4.21. The maximum Gasteiger partial charge on any atom is 0.231 e. The standard InChI is InChI=1S/C22H25N3O5/c1-14-11-16(25(26)27)6-7-17(14)23-9-4-5-18-20-15(8-10-24(18)2)12-19-21(22(20)28-3)30-13-29-19/h6-7,11-12,18,23,25-26H,8-10,13H2,1-3H3/t18-/m0/s1. The zero-order valence-corrected chi connectivity index (χ0v) is 17.2. The van der Waals surface area contributed by atoms with Crippen LogP contribution in [0.2, 0.25) is 0 Å².